The maximum absolute atomic E-state index is 3.01. The molecule has 0 saturated heterocycles. The SMILES string of the molecule is CN/C=C\CCCCCC1CCC1. The molecule has 1 fully saturated rings. The standard InChI is InChI=1S/C12H23N/c1-13-11-6-4-2-3-5-8-12-9-7-10-12/h6,11-13H,2-5,7-10H2,1H3/b11-6-. The minimum atomic E-state index is 1.10. The molecule has 1 aliphatic carbocycles. The fourth-order valence-electron chi connectivity index (χ4n) is 1.85. The molecule has 1 aliphatic rings. The molecule has 0 unspecified atom stereocenters. The van der Waals surface area contributed by atoms with E-state index in [1.54, 1.807) is 0 Å². The molecule has 0 bridgehead atoms. The first-order valence-corrected chi connectivity index (χ1v) is 5.76. The van der Waals surface area contributed by atoms with E-state index in [2.05, 4.69) is 11.4 Å². The van der Waals surface area contributed by atoms with E-state index in [0.717, 1.165) is 5.92 Å². The first-order valence-electron chi connectivity index (χ1n) is 5.76. The molecule has 13 heavy (non-hydrogen) atoms. The van der Waals surface area contributed by atoms with Crippen LogP contribution in [-0.4, -0.2) is 7.05 Å². The number of rotatable bonds is 7. The van der Waals surface area contributed by atoms with Gasteiger partial charge < -0.3 is 5.32 Å². The summed E-state index contributed by atoms with van der Waals surface area (Å²) in [5, 5.41) is 3.01. The van der Waals surface area contributed by atoms with Crippen LogP contribution in [0.1, 0.15) is 51.4 Å². The van der Waals surface area contributed by atoms with Crippen LogP contribution in [0.4, 0.5) is 0 Å². The molecule has 0 amide bonds. The van der Waals surface area contributed by atoms with Crippen LogP contribution in [0.5, 0.6) is 0 Å². The summed E-state index contributed by atoms with van der Waals surface area (Å²) in [6.07, 6.45) is 15.8. The number of nitrogens with one attached hydrogen (secondary N) is 1. The molecule has 0 aromatic carbocycles. The predicted octanol–water partition coefficient (Wildman–Crippen LogP) is 3.47. The molecule has 76 valence electrons. The van der Waals surface area contributed by atoms with Gasteiger partial charge in [-0.25, -0.2) is 0 Å². The highest BCUT2D eigenvalue weighted by atomic mass is 14.8. The van der Waals surface area contributed by atoms with Gasteiger partial charge in [0.25, 0.3) is 0 Å². The van der Waals surface area contributed by atoms with E-state index in [0.29, 0.717) is 0 Å². The first kappa shape index (κ1) is 10.6. The van der Waals surface area contributed by atoms with Crippen molar-refractivity contribution in [1.82, 2.24) is 5.32 Å². The number of hydrogen-bond donors (Lipinski definition) is 1. The zero-order valence-electron chi connectivity index (χ0n) is 8.89. The van der Waals surface area contributed by atoms with E-state index in [9.17, 15) is 0 Å². The van der Waals surface area contributed by atoms with E-state index < -0.39 is 0 Å². The van der Waals surface area contributed by atoms with Gasteiger partial charge in [-0.2, -0.15) is 0 Å². The van der Waals surface area contributed by atoms with Crippen molar-refractivity contribution in [3.05, 3.63) is 12.3 Å². The lowest BCUT2D eigenvalue weighted by Crippen LogP contribution is -2.10. The summed E-state index contributed by atoms with van der Waals surface area (Å²) in [6, 6.07) is 0. The Morgan fingerprint density at radius 2 is 2.08 bits per heavy atom. The van der Waals surface area contributed by atoms with Gasteiger partial charge >= 0.3 is 0 Å². The van der Waals surface area contributed by atoms with Gasteiger partial charge in [-0.15, -0.1) is 0 Å². The maximum atomic E-state index is 3.01. The maximum Gasteiger partial charge on any atom is 0.00276 e. The Morgan fingerprint density at radius 1 is 1.23 bits per heavy atom. The van der Waals surface area contributed by atoms with Crippen molar-refractivity contribution in [2.75, 3.05) is 7.05 Å². The highest BCUT2D eigenvalue weighted by Crippen LogP contribution is 2.30. The van der Waals surface area contributed by atoms with Gasteiger partial charge in [0.2, 0.25) is 0 Å². The molecular formula is C12H23N. The third-order valence-corrected chi connectivity index (χ3v) is 2.99. The average Bonchev–Trinajstić information content (AvgIpc) is 2.07. The molecule has 0 spiro atoms. The minimum Gasteiger partial charge on any atom is -0.394 e. The predicted molar refractivity (Wildman–Crippen MR) is 58.6 cm³/mol. The fraction of sp³-hybridized carbons (Fsp3) is 0.833. The van der Waals surface area contributed by atoms with Crippen molar-refractivity contribution in [2.24, 2.45) is 5.92 Å². The van der Waals surface area contributed by atoms with Crippen LogP contribution in [0.3, 0.4) is 0 Å². The summed E-state index contributed by atoms with van der Waals surface area (Å²) < 4.78 is 0. The van der Waals surface area contributed by atoms with Gasteiger partial charge in [0.15, 0.2) is 0 Å². The van der Waals surface area contributed by atoms with Gasteiger partial charge in [0, 0.05) is 7.05 Å². The Hall–Kier alpha value is -0.460. The molecule has 1 nitrogen and oxygen atoms in total. The Morgan fingerprint density at radius 3 is 2.69 bits per heavy atom. The highest BCUT2D eigenvalue weighted by molar-refractivity contribution is 4.77. The molecule has 0 atom stereocenters. The van der Waals surface area contributed by atoms with E-state index in [4.69, 9.17) is 0 Å². The van der Waals surface area contributed by atoms with Crippen LogP contribution in [0.25, 0.3) is 0 Å². The van der Waals surface area contributed by atoms with E-state index in [1.165, 1.54) is 51.4 Å². The first-order chi connectivity index (χ1) is 6.43. The van der Waals surface area contributed by atoms with Crippen molar-refractivity contribution in [3.63, 3.8) is 0 Å². The summed E-state index contributed by atoms with van der Waals surface area (Å²) >= 11 is 0. The fourth-order valence-corrected chi connectivity index (χ4v) is 1.85. The minimum absolute atomic E-state index is 1.10. The van der Waals surface area contributed by atoms with Crippen LogP contribution in [0.15, 0.2) is 12.3 Å². The Bertz CT molecular complexity index is 136. The monoisotopic (exact) mass is 181 g/mol. The summed E-state index contributed by atoms with van der Waals surface area (Å²) in [6.45, 7) is 0. The van der Waals surface area contributed by atoms with Crippen LogP contribution >= 0.6 is 0 Å². The quantitative estimate of drug-likeness (QED) is 0.593. The molecule has 1 N–H and O–H groups in total. The van der Waals surface area contributed by atoms with Crippen molar-refractivity contribution in [2.45, 2.75) is 51.4 Å². The molecule has 1 saturated carbocycles. The van der Waals surface area contributed by atoms with Crippen LogP contribution in [-0.2, 0) is 0 Å². The summed E-state index contributed by atoms with van der Waals surface area (Å²) in [5.41, 5.74) is 0. The lowest BCUT2D eigenvalue weighted by Gasteiger charge is -2.24. The van der Waals surface area contributed by atoms with Gasteiger partial charge in [-0.3, -0.25) is 0 Å². The van der Waals surface area contributed by atoms with Crippen molar-refractivity contribution >= 4 is 0 Å². The van der Waals surface area contributed by atoms with Gasteiger partial charge in [-0.05, 0) is 25.0 Å². The zero-order valence-corrected chi connectivity index (χ0v) is 8.89. The van der Waals surface area contributed by atoms with Crippen LogP contribution in [0.2, 0.25) is 0 Å². The zero-order chi connectivity index (χ0) is 9.36. The lowest BCUT2D eigenvalue weighted by atomic mass is 9.82. The normalized spacial score (nSPS) is 17.6. The third-order valence-electron chi connectivity index (χ3n) is 2.99. The average molecular weight is 181 g/mol. The smallest absolute Gasteiger partial charge is 0.00276 e. The topological polar surface area (TPSA) is 12.0 Å². The Labute approximate surface area is 82.6 Å². The lowest BCUT2D eigenvalue weighted by molar-refractivity contribution is 0.287. The van der Waals surface area contributed by atoms with Crippen LogP contribution in [0, 0.1) is 5.92 Å². The summed E-state index contributed by atoms with van der Waals surface area (Å²) in [5.74, 6) is 1.10. The van der Waals surface area contributed by atoms with Crippen molar-refractivity contribution < 1.29 is 0 Å². The molecule has 0 radical (unpaired) electrons. The van der Waals surface area contributed by atoms with Crippen LogP contribution < -0.4 is 5.32 Å². The summed E-state index contributed by atoms with van der Waals surface area (Å²) in [4.78, 5) is 0. The van der Waals surface area contributed by atoms with Crippen molar-refractivity contribution in [3.8, 4) is 0 Å². The van der Waals surface area contributed by atoms with E-state index >= 15 is 0 Å². The van der Waals surface area contributed by atoms with Crippen molar-refractivity contribution in [1.29, 1.82) is 0 Å². The molecule has 0 aromatic heterocycles. The largest absolute Gasteiger partial charge is 0.394 e. The summed E-state index contributed by atoms with van der Waals surface area (Å²) in [7, 11) is 1.95. The second kappa shape index (κ2) is 6.99. The Kier molecular flexibility index (Phi) is 5.71. The molecule has 1 rings (SSSR count). The molecule has 0 aromatic rings. The third kappa shape index (κ3) is 4.97. The van der Waals surface area contributed by atoms with Gasteiger partial charge in [-0.1, -0.05) is 44.6 Å². The second-order valence-electron chi connectivity index (χ2n) is 4.13. The molecule has 1 heteroatoms. The van der Waals surface area contributed by atoms with E-state index in [-0.39, 0.29) is 0 Å². The molecule has 0 aliphatic heterocycles. The number of unbranched alkanes of at least 4 members (excludes halogenated alkanes) is 3. The highest BCUT2D eigenvalue weighted by Gasteiger charge is 2.15. The van der Waals surface area contributed by atoms with Gasteiger partial charge in [0.05, 0.1) is 0 Å². The molecule has 0 heterocycles. The number of hydrogen-bond acceptors (Lipinski definition) is 1. The van der Waals surface area contributed by atoms with E-state index in [1.807, 2.05) is 13.2 Å². The van der Waals surface area contributed by atoms with Gasteiger partial charge in [0.1, 0.15) is 0 Å². The Balaban J connectivity index is 1.75. The second-order valence-corrected chi connectivity index (χ2v) is 4.13. The number of allylic oxidation sites excluding steroid dienone is 1. The molecular weight excluding hydrogens is 158 g/mol.